The van der Waals surface area contributed by atoms with Crippen LogP contribution in [0.25, 0.3) is 0 Å². The van der Waals surface area contributed by atoms with Gasteiger partial charge in [0.05, 0.1) is 0 Å². The molecule has 0 aliphatic carbocycles. The Morgan fingerprint density at radius 2 is 2.05 bits per heavy atom. The van der Waals surface area contributed by atoms with Crippen molar-refractivity contribution in [1.29, 1.82) is 0 Å². The van der Waals surface area contributed by atoms with Crippen LogP contribution in [0.3, 0.4) is 0 Å². The quantitative estimate of drug-likeness (QED) is 0.904. The first kappa shape index (κ1) is 14.8. The fourth-order valence-corrected chi connectivity index (χ4v) is 3.15. The van der Waals surface area contributed by atoms with Gasteiger partial charge < -0.3 is 5.32 Å². The van der Waals surface area contributed by atoms with Gasteiger partial charge >= 0.3 is 0 Å². The van der Waals surface area contributed by atoms with Gasteiger partial charge in [-0.2, -0.15) is 0 Å². The zero-order valence-corrected chi connectivity index (χ0v) is 13.0. The van der Waals surface area contributed by atoms with Gasteiger partial charge in [-0.25, -0.2) is 0 Å². The molecular weight excluding hydrogens is 256 g/mol. The number of halogens is 1. The Hall–Kier alpha value is -0.570. The Kier molecular flexibility index (Phi) is 4.88. The van der Waals surface area contributed by atoms with E-state index in [1.54, 1.807) is 0 Å². The highest BCUT2D eigenvalue weighted by atomic mass is 35.5. The smallest absolute Gasteiger partial charge is 0.0409 e. The molecule has 0 radical (unpaired) electrons. The summed E-state index contributed by atoms with van der Waals surface area (Å²) < 4.78 is 0. The molecule has 0 amide bonds. The largest absolute Gasteiger partial charge is 0.317 e. The normalized spacial score (nSPS) is 20.5. The fraction of sp³-hybridized carbons (Fsp3) is 0.625. The van der Waals surface area contributed by atoms with Crippen LogP contribution in [0.2, 0.25) is 5.02 Å². The van der Waals surface area contributed by atoms with Gasteiger partial charge in [0.15, 0.2) is 0 Å². The molecule has 0 saturated carbocycles. The molecule has 1 heterocycles. The highest BCUT2D eigenvalue weighted by Gasteiger charge is 2.29. The van der Waals surface area contributed by atoms with Crippen molar-refractivity contribution < 1.29 is 0 Å². The van der Waals surface area contributed by atoms with E-state index in [-0.39, 0.29) is 0 Å². The summed E-state index contributed by atoms with van der Waals surface area (Å²) in [6.07, 6.45) is 2.53. The van der Waals surface area contributed by atoms with E-state index in [2.05, 4.69) is 43.2 Å². The van der Waals surface area contributed by atoms with Crippen LogP contribution in [0.5, 0.6) is 0 Å². The summed E-state index contributed by atoms with van der Waals surface area (Å²) in [6.45, 7) is 8.11. The summed E-state index contributed by atoms with van der Waals surface area (Å²) in [5.41, 5.74) is 1.74. The van der Waals surface area contributed by atoms with Crippen molar-refractivity contribution in [1.82, 2.24) is 10.2 Å². The first-order valence-electron chi connectivity index (χ1n) is 7.17. The van der Waals surface area contributed by atoms with Crippen molar-refractivity contribution in [2.75, 3.05) is 26.7 Å². The molecule has 1 aromatic carbocycles. The summed E-state index contributed by atoms with van der Waals surface area (Å²) in [5, 5.41) is 4.27. The molecule has 1 saturated heterocycles. The van der Waals surface area contributed by atoms with E-state index in [9.17, 15) is 0 Å². The average Bonchev–Trinajstić information content (AvgIpc) is 2.38. The first-order valence-corrected chi connectivity index (χ1v) is 7.54. The van der Waals surface area contributed by atoms with Crippen LogP contribution < -0.4 is 5.32 Å². The number of hydrogen-bond acceptors (Lipinski definition) is 2. The van der Waals surface area contributed by atoms with Crippen LogP contribution >= 0.6 is 11.6 Å². The lowest BCUT2D eigenvalue weighted by Crippen LogP contribution is -2.42. The molecule has 19 heavy (non-hydrogen) atoms. The van der Waals surface area contributed by atoms with Gasteiger partial charge in [0.25, 0.3) is 0 Å². The second-order valence-corrected chi connectivity index (χ2v) is 6.64. The minimum atomic E-state index is 0.408. The zero-order valence-electron chi connectivity index (χ0n) is 12.2. The van der Waals surface area contributed by atoms with E-state index >= 15 is 0 Å². The van der Waals surface area contributed by atoms with Gasteiger partial charge in [-0.3, -0.25) is 4.90 Å². The molecule has 0 aromatic heterocycles. The molecule has 1 atom stereocenters. The van der Waals surface area contributed by atoms with Gasteiger partial charge in [0.1, 0.15) is 0 Å². The van der Waals surface area contributed by atoms with Gasteiger partial charge in [-0.05, 0) is 63.0 Å². The minimum Gasteiger partial charge on any atom is -0.317 e. The Labute approximate surface area is 122 Å². The number of piperidine rings is 1. The predicted octanol–water partition coefficient (Wildman–Crippen LogP) is 3.72. The molecule has 1 fully saturated rings. The molecule has 2 rings (SSSR count). The highest BCUT2D eigenvalue weighted by Crippen LogP contribution is 2.31. The van der Waals surface area contributed by atoms with E-state index in [0.717, 1.165) is 24.7 Å². The molecule has 1 unspecified atom stereocenters. The minimum absolute atomic E-state index is 0.408. The maximum atomic E-state index is 6.09. The molecule has 0 spiro atoms. The van der Waals surface area contributed by atoms with E-state index in [1.165, 1.54) is 18.4 Å². The molecule has 1 N–H and O–H groups in total. The lowest BCUT2D eigenvalue weighted by atomic mass is 9.80. The molecule has 2 nitrogen and oxygen atoms in total. The van der Waals surface area contributed by atoms with Crippen LogP contribution in [0, 0.1) is 5.41 Å². The van der Waals surface area contributed by atoms with Crippen LogP contribution in [-0.4, -0.2) is 31.6 Å². The Morgan fingerprint density at radius 1 is 1.37 bits per heavy atom. The lowest BCUT2D eigenvalue weighted by Gasteiger charge is -2.39. The van der Waals surface area contributed by atoms with E-state index in [0.29, 0.717) is 11.5 Å². The van der Waals surface area contributed by atoms with Crippen molar-refractivity contribution in [2.24, 2.45) is 5.41 Å². The van der Waals surface area contributed by atoms with E-state index in [4.69, 9.17) is 11.6 Å². The first-order chi connectivity index (χ1) is 9.00. The van der Waals surface area contributed by atoms with Crippen molar-refractivity contribution in [2.45, 2.75) is 32.7 Å². The maximum absolute atomic E-state index is 6.09. The van der Waals surface area contributed by atoms with E-state index in [1.807, 2.05) is 12.1 Å². The van der Waals surface area contributed by atoms with Gasteiger partial charge in [0, 0.05) is 17.6 Å². The SMILES string of the molecule is CC(c1cccc(Cl)c1)N(C)CC1(C)CCNCC1. The third kappa shape index (κ3) is 3.95. The summed E-state index contributed by atoms with van der Waals surface area (Å²) in [4.78, 5) is 2.46. The zero-order chi connectivity index (χ0) is 13.9. The molecular formula is C16H25ClN2. The van der Waals surface area contributed by atoms with Crippen LogP contribution in [0.4, 0.5) is 0 Å². The number of nitrogens with one attached hydrogen (secondary N) is 1. The van der Waals surface area contributed by atoms with Crippen LogP contribution in [-0.2, 0) is 0 Å². The Morgan fingerprint density at radius 3 is 2.68 bits per heavy atom. The third-order valence-electron chi connectivity index (χ3n) is 4.43. The van der Waals surface area contributed by atoms with Gasteiger partial charge in [0.2, 0.25) is 0 Å². The van der Waals surface area contributed by atoms with Crippen molar-refractivity contribution in [3.05, 3.63) is 34.9 Å². The lowest BCUT2D eigenvalue weighted by molar-refractivity contribution is 0.122. The van der Waals surface area contributed by atoms with Gasteiger partial charge in [-0.15, -0.1) is 0 Å². The predicted molar refractivity (Wildman–Crippen MR) is 82.7 cm³/mol. The summed E-state index contributed by atoms with van der Waals surface area (Å²) in [5.74, 6) is 0. The van der Waals surface area contributed by atoms with Crippen LogP contribution in [0.1, 0.15) is 38.3 Å². The summed E-state index contributed by atoms with van der Waals surface area (Å²) in [7, 11) is 2.22. The Balaban J connectivity index is 2.00. The van der Waals surface area contributed by atoms with Crippen LogP contribution in [0.15, 0.2) is 24.3 Å². The topological polar surface area (TPSA) is 15.3 Å². The molecule has 106 valence electrons. The van der Waals surface area contributed by atoms with Gasteiger partial charge in [-0.1, -0.05) is 30.7 Å². The van der Waals surface area contributed by atoms with Crippen molar-refractivity contribution >= 4 is 11.6 Å². The second kappa shape index (κ2) is 6.25. The number of hydrogen-bond donors (Lipinski definition) is 1. The summed E-state index contributed by atoms with van der Waals surface area (Å²) in [6, 6.07) is 8.62. The van der Waals surface area contributed by atoms with Crippen molar-refractivity contribution in [3.63, 3.8) is 0 Å². The van der Waals surface area contributed by atoms with E-state index < -0.39 is 0 Å². The highest BCUT2D eigenvalue weighted by molar-refractivity contribution is 6.30. The molecule has 1 aliphatic heterocycles. The summed E-state index contributed by atoms with van der Waals surface area (Å²) >= 11 is 6.09. The number of nitrogens with zero attached hydrogens (tertiary/aromatic N) is 1. The molecule has 3 heteroatoms. The monoisotopic (exact) mass is 280 g/mol. The van der Waals surface area contributed by atoms with Crippen molar-refractivity contribution in [3.8, 4) is 0 Å². The molecule has 1 aromatic rings. The standard InChI is InChI=1S/C16H25ClN2/c1-13(14-5-4-6-15(17)11-14)19(3)12-16(2)7-9-18-10-8-16/h4-6,11,13,18H,7-10,12H2,1-3H3. The molecule has 1 aliphatic rings. The Bertz CT molecular complexity index is 413. The molecule has 0 bridgehead atoms. The third-order valence-corrected chi connectivity index (χ3v) is 4.67. The number of rotatable bonds is 4. The second-order valence-electron chi connectivity index (χ2n) is 6.21. The number of benzene rings is 1. The fourth-order valence-electron chi connectivity index (χ4n) is 2.95. The maximum Gasteiger partial charge on any atom is 0.0409 e. The average molecular weight is 281 g/mol.